The van der Waals surface area contributed by atoms with Gasteiger partial charge in [0.2, 0.25) is 0 Å². The molecule has 5 nitrogen and oxygen atoms in total. The summed E-state index contributed by atoms with van der Waals surface area (Å²) in [6.45, 7) is 12.7. The lowest BCUT2D eigenvalue weighted by molar-refractivity contribution is -0.135. The van der Waals surface area contributed by atoms with Crippen LogP contribution < -0.4 is 0 Å². The maximum absolute atomic E-state index is 12.2. The standard InChI is InChI=1S/C20H29NO4Si/c1-20(2,3)26(5,6)25-14-8-12-21-13-11-15-16(9-7-10-17(15)21)18(22)19(23)24-4/h7,9-11,13H,8,12,14H2,1-6H3. The average Bonchev–Trinajstić information content (AvgIpc) is 2.99. The van der Waals surface area contributed by atoms with E-state index in [1.165, 1.54) is 7.11 Å². The van der Waals surface area contributed by atoms with Crippen LogP contribution in [0.4, 0.5) is 0 Å². The van der Waals surface area contributed by atoms with E-state index in [4.69, 9.17) is 4.43 Å². The number of methoxy groups -OCH3 is 1. The fraction of sp³-hybridized carbons (Fsp3) is 0.500. The fourth-order valence-electron chi connectivity index (χ4n) is 2.60. The van der Waals surface area contributed by atoms with E-state index in [2.05, 4.69) is 43.2 Å². The summed E-state index contributed by atoms with van der Waals surface area (Å²) in [5.41, 5.74) is 1.32. The molecule has 0 fully saturated rings. The first-order valence-corrected chi connectivity index (χ1v) is 11.8. The molecule has 0 aliphatic carbocycles. The van der Waals surface area contributed by atoms with Crippen molar-refractivity contribution in [3.63, 3.8) is 0 Å². The summed E-state index contributed by atoms with van der Waals surface area (Å²) >= 11 is 0. The topological polar surface area (TPSA) is 57.5 Å². The van der Waals surface area contributed by atoms with E-state index in [-0.39, 0.29) is 5.04 Å². The third kappa shape index (κ3) is 4.24. The molecule has 0 unspecified atom stereocenters. The van der Waals surface area contributed by atoms with Gasteiger partial charge in [-0.1, -0.05) is 32.9 Å². The van der Waals surface area contributed by atoms with Crippen LogP contribution in [0, 0.1) is 0 Å². The molecule has 0 spiro atoms. The molecule has 2 aromatic rings. The Kier molecular flexibility index (Phi) is 6.08. The number of aromatic nitrogens is 1. The predicted octanol–water partition coefficient (Wildman–Crippen LogP) is 4.41. The average molecular weight is 376 g/mol. The molecule has 26 heavy (non-hydrogen) atoms. The van der Waals surface area contributed by atoms with Gasteiger partial charge in [-0.3, -0.25) is 4.79 Å². The molecule has 1 heterocycles. The Morgan fingerprint density at radius 3 is 2.46 bits per heavy atom. The summed E-state index contributed by atoms with van der Waals surface area (Å²) < 4.78 is 12.9. The van der Waals surface area contributed by atoms with E-state index < -0.39 is 20.1 Å². The smallest absolute Gasteiger partial charge is 0.379 e. The predicted molar refractivity (Wildman–Crippen MR) is 106 cm³/mol. The van der Waals surface area contributed by atoms with Crippen molar-refractivity contribution in [3.05, 3.63) is 36.0 Å². The highest BCUT2D eigenvalue weighted by atomic mass is 28.4. The number of ketones is 1. The van der Waals surface area contributed by atoms with E-state index in [1.54, 1.807) is 12.1 Å². The lowest BCUT2D eigenvalue weighted by Gasteiger charge is -2.36. The number of rotatable bonds is 7. The van der Waals surface area contributed by atoms with Gasteiger partial charge >= 0.3 is 5.97 Å². The lowest BCUT2D eigenvalue weighted by atomic mass is 10.1. The van der Waals surface area contributed by atoms with Crippen molar-refractivity contribution in [3.8, 4) is 0 Å². The number of hydrogen-bond donors (Lipinski definition) is 0. The van der Waals surface area contributed by atoms with Gasteiger partial charge in [0.05, 0.1) is 7.11 Å². The summed E-state index contributed by atoms with van der Waals surface area (Å²) in [4.78, 5) is 23.7. The van der Waals surface area contributed by atoms with Gasteiger partial charge in [0.1, 0.15) is 0 Å². The largest absolute Gasteiger partial charge is 0.463 e. The van der Waals surface area contributed by atoms with Gasteiger partial charge in [-0.25, -0.2) is 4.79 Å². The highest BCUT2D eigenvalue weighted by Crippen LogP contribution is 2.36. The zero-order valence-electron chi connectivity index (χ0n) is 16.6. The van der Waals surface area contributed by atoms with E-state index >= 15 is 0 Å². The minimum Gasteiger partial charge on any atom is -0.463 e. The quantitative estimate of drug-likeness (QED) is 0.236. The van der Waals surface area contributed by atoms with Crippen molar-refractivity contribution in [2.24, 2.45) is 0 Å². The first-order valence-electron chi connectivity index (χ1n) is 8.93. The molecule has 0 aliphatic heterocycles. The minimum absolute atomic E-state index is 0.205. The Morgan fingerprint density at radius 1 is 1.15 bits per heavy atom. The van der Waals surface area contributed by atoms with Crippen molar-refractivity contribution in [1.29, 1.82) is 0 Å². The van der Waals surface area contributed by atoms with Crippen LogP contribution in [-0.4, -0.2) is 38.4 Å². The number of esters is 1. The van der Waals surface area contributed by atoms with E-state index in [1.807, 2.05) is 18.3 Å². The third-order valence-electron chi connectivity index (χ3n) is 5.24. The number of nitrogens with zero attached hydrogens (tertiary/aromatic N) is 1. The third-order valence-corrected chi connectivity index (χ3v) is 9.78. The van der Waals surface area contributed by atoms with Crippen LogP contribution in [0.5, 0.6) is 0 Å². The molecule has 142 valence electrons. The summed E-state index contributed by atoms with van der Waals surface area (Å²) in [6, 6.07) is 7.28. The van der Waals surface area contributed by atoms with Crippen molar-refractivity contribution in [2.45, 2.75) is 51.9 Å². The van der Waals surface area contributed by atoms with Crippen LogP contribution in [-0.2, 0) is 20.5 Å². The van der Waals surface area contributed by atoms with Crippen LogP contribution in [0.1, 0.15) is 37.6 Å². The number of carbonyl (C=O) groups excluding carboxylic acids is 2. The number of ether oxygens (including phenoxy) is 1. The Labute approximate surface area is 156 Å². The van der Waals surface area contributed by atoms with E-state index in [9.17, 15) is 9.59 Å². The van der Waals surface area contributed by atoms with Gasteiger partial charge in [-0.05, 0) is 36.7 Å². The molecule has 0 bridgehead atoms. The second-order valence-electron chi connectivity index (χ2n) is 8.03. The van der Waals surface area contributed by atoms with Gasteiger partial charge in [0.15, 0.2) is 8.32 Å². The number of fused-ring (bicyclic) bond motifs is 1. The first-order chi connectivity index (χ1) is 12.1. The van der Waals surface area contributed by atoms with Crippen molar-refractivity contribution >= 4 is 31.0 Å². The zero-order chi connectivity index (χ0) is 19.5. The van der Waals surface area contributed by atoms with Crippen LogP contribution in [0.25, 0.3) is 10.9 Å². The molecule has 2 rings (SSSR count). The van der Waals surface area contributed by atoms with Gasteiger partial charge in [-0.15, -0.1) is 0 Å². The molecule has 0 saturated heterocycles. The van der Waals surface area contributed by atoms with E-state index in [0.717, 1.165) is 30.5 Å². The molecule has 0 saturated carbocycles. The highest BCUT2D eigenvalue weighted by molar-refractivity contribution is 6.74. The summed E-state index contributed by atoms with van der Waals surface area (Å²) in [6.07, 6.45) is 2.84. The normalized spacial score (nSPS) is 12.4. The summed E-state index contributed by atoms with van der Waals surface area (Å²) in [5.74, 6) is -1.45. The van der Waals surface area contributed by atoms with Crippen molar-refractivity contribution in [2.75, 3.05) is 13.7 Å². The van der Waals surface area contributed by atoms with E-state index in [0.29, 0.717) is 5.56 Å². The second kappa shape index (κ2) is 7.76. The Balaban J connectivity index is 2.08. The molecule has 1 aromatic carbocycles. The highest BCUT2D eigenvalue weighted by Gasteiger charge is 2.36. The maximum Gasteiger partial charge on any atom is 0.379 e. The fourth-order valence-corrected chi connectivity index (χ4v) is 3.69. The summed E-state index contributed by atoms with van der Waals surface area (Å²) in [5, 5.41) is 0.976. The van der Waals surface area contributed by atoms with Gasteiger partial charge in [-0.2, -0.15) is 0 Å². The number of aryl methyl sites for hydroxylation is 1. The monoisotopic (exact) mass is 375 g/mol. The van der Waals surface area contributed by atoms with Crippen molar-refractivity contribution in [1.82, 2.24) is 4.57 Å². The Bertz CT molecular complexity index is 802. The van der Waals surface area contributed by atoms with Crippen LogP contribution in [0.3, 0.4) is 0 Å². The van der Waals surface area contributed by atoms with Gasteiger partial charge in [0, 0.05) is 35.8 Å². The zero-order valence-corrected chi connectivity index (χ0v) is 17.6. The molecular formula is C20H29NO4Si. The van der Waals surface area contributed by atoms with Crippen LogP contribution in [0.15, 0.2) is 30.5 Å². The molecule has 0 radical (unpaired) electrons. The van der Waals surface area contributed by atoms with Crippen LogP contribution >= 0.6 is 0 Å². The minimum atomic E-state index is -1.73. The number of benzene rings is 1. The lowest BCUT2D eigenvalue weighted by Crippen LogP contribution is -2.41. The molecule has 0 amide bonds. The number of Topliss-reactive ketones (excluding diaryl/α,β-unsaturated/α-hetero) is 1. The number of hydrogen-bond acceptors (Lipinski definition) is 4. The van der Waals surface area contributed by atoms with Gasteiger partial charge in [0.25, 0.3) is 5.78 Å². The Hall–Kier alpha value is -1.92. The first kappa shape index (κ1) is 20.4. The molecule has 0 atom stereocenters. The SMILES string of the molecule is COC(=O)C(=O)c1cccc2c1ccn2CCCO[Si](C)(C)C(C)(C)C. The van der Waals surface area contributed by atoms with Crippen LogP contribution in [0.2, 0.25) is 18.1 Å². The summed E-state index contributed by atoms with van der Waals surface area (Å²) in [7, 11) is -0.510. The second-order valence-corrected chi connectivity index (χ2v) is 12.8. The maximum atomic E-state index is 12.2. The number of carbonyl (C=O) groups is 2. The Morgan fingerprint density at radius 2 is 1.85 bits per heavy atom. The molecule has 0 N–H and O–H groups in total. The molecular weight excluding hydrogens is 346 g/mol. The molecule has 0 aliphatic rings. The molecule has 6 heteroatoms. The van der Waals surface area contributed by atoms with Gasteiger partial charge < -0.3 is 13.7 Å². The van der Waals surface area contributed by atoms with Crippen molar-refractivity contribution < 1.29 is 18.8 Å². The molecule has 1 aromatic heterocycles.